The summed E-state index contributed by atoms with van der Waals surface area (Å²) in [5.74, 6) is 0.909. The van der Waals surface area contributed by atoms with E-state index in [9.17, 15) is 0 Å². The normalized spacial score (nSPS) is 46.5. The summed E-state index contributed by atoms with van der Waals surface area (Å²) in [6.45, 7) is 9.34. The molecule has 1 saturated carbocycles. The van der Waals surface area contributed by atoms with Gasteiger partial charge in [0.25, 0.3) is 0 Å². The maximum absolute atomic E-state index is 6.32. The molecule has 0 amide bonds. The van der Waals surface area contributed by atoms with Gasteiger partial charge in [0.05, 0.1) is 31.6 Å². The van der Waals surface area contributed by atoms with E-state index < -0.39 is 0 Å². The molecule has 9 atom stereocenters. The van der Waals surface area contributed by atoms with Crippen molar-refractivity contribution in [3.05, 3.63) is 11.6 Å². The molecule has 7 heteroatoms. The molecule has 4 rings (SSSR count). The molecule has 0 aromatic heterocycles. The molecule has 3 fully saturated rings. The largest absolute Gasteiger partial charge is 0.373 e. The summed E-state index contributed by atoms with van der Waals surface area (Å²) in [4.78, 5) is 0. The smallest absolute Gasteiger partial charge is 0.113 e. The Kier molecular flexibility index (Phi) is 7.27. The monoisotopic (exact) mass is 407 g/mol. The average Bonchev–Trinajstić information content (AvgIpc) is 2.92. The van der Waals surface area contributed by atoms with Crippen molar-refractivity contribution < 1.29 is 9.47 Å². The fraction of sp³-hybridized carbons (Fsp3) is 0.909. The molecule has 7 nitrogen and oxygen atoms in total. The van der Waals surface area contributed by atoms with Crippen LogP contribution in [0.5, 0.6) is 0 Å². The van der Waals surface area contributed by atoms with E-state index in [-0.39, 0.29) is 18.5 Å². The summed E-state index contributed by atoms with van der Waals surface area (Å²) in [5.41, 5.74) is 1.56. The highest BCUT2D eigenvalue weighted by atomic mass is 16.6. The van der Waals surface area contributed by atoms with E-state index in [4.69, 9.17) is 9.47 Å². The van der Waals surface area contributed by atoms with Crippen molar-refractivity contribution in [3.63, 3.8) is 0 Å². The number of nitrogens with one attached hydrogen (secondary N) is 5. The van der Waals surface area contributed by atoms with Crippen molar-refractivity contribution in [1.82, 2.24) is 26.6 Å². The standard InChI is InChI=1S/C22H41N5O2/c1-13-5-6-16(7-8-24-13)20-15(3)17(12-18-21(20)29-10-9-28-18)26-22-25-14(2)11-19(23-4)27-22/h7,13-15,17-27H,5-6,8-12H2,1-4H3/t13-,14?,15?,17?,18?,19?,20?,21?,22?/m0/s1. The van der Waals surface area contributed by atoms with Gasteiger partial charge in [0.2, 0.25) is 0 Å². The van der Waals surface area contributed by atoms with Gasteiger partial charge in [-0.2, -0.15) is 0 Å². The first kappa shape index (κ1) is 21.7. The molecule has 2 saturated heterocycles. The lowest BCUT2D eigenvalue weighted by molar-refractivity contribution is -0.183. The maximum atomic E-state index is 6.32. The van der Waals surface area contributed by atoms with Gasteiger partial charge in [0.1, 0.15) is 6.29 Å². The first-order chi connectivity index (χ1) is 14.0. The lowest BCUT2D eigenvalue weighted by Gasteiger charge is -2.50. The van der Waals surface area contributed by atoms with Gasteiger partial charge in [0, 0.05) is 30.6 Å². The van der Waals surface area contributed by atoms with Crippen molar-refractivity contribution in [2.75, 3.05) is 26.8 Å². The van der Waals surface area contributed by atoms with Crippen LogP contribution in [0.25, 0.3) is 0 Å². The molecular formula is C22H41N5O2. The minimum Gasteiger partial charge on any atom is -0.373 e. The molecule has 8 unspecified atom stereocenters. The second kappa shape index (κ2) is 9.73. The topological polar surface area (TPSA) is 78.6 Å². The number of hydrogen-bond donors (Lipinski definition) is 5. The molecule has 166 valence electrons. The van der Waals surface area contributed by atoms with Crippen LogP contribution in [0, 0.1) is 11.8 Å². The summed E-state index contributed by atoms with van der Waals surface area (Å²) in [5, 5.41) is 18.2. The first-order valence-electron chi connectivity index (χ1n) is 11.7. The quantitative estimate of drug-likeness (QED) is 0.443. The van der Waals surface area contributed by atoms with Crippen LogP contribution in [0.4, 0.5) is 0 Å². The Bertz CT molecular complexity index is 573. The Balaban J connectivity index is 1.50. The van der Waals surface area contributed by atoms with Crippen LogP contribution in [0.2, 0.25) is 0 Å². The van der Waals surface area contributed by atoms with E-state index in [1.54, 1.807) is 5.57 Å². The summed E-state index contributed by atoms with van der Waals surface area (Å²) in [6, 6.07) is 1.43. The number of fused-ring (bicyclic) bond motifs is 1. The van der Waals surface area contributed by atoms with E-state index in [0.29, 0.717) is 42.7 Å². The van der Waals surface area contributed by atoms with Gasteiger partial charge in [-0.05, 0) is 52.5 Å². The Labute approximate surface area is 176 Å². The van der Waals surface area contributed by atoms with Gasteiger partial charge < -0.3 is 20.1 Å². The molecule has 0 aromatic carbocycles. The second-order valence-corrected chi connectivity index (χ2v) is 9.51. The van der Waals surface area contributed by atoms with Crippen molar-refractivity contribution in [1.29, 1.82) is 0 Å². The highest BCUT2D eigenvalue weighted by molar-refractivity contribution is 5.17. The van der Waals surface area contributed by atoms with E-state index in [1.807, 2.05) is 7.05 Å². The lowest BCUT2D eigenvalue weighted by atomic mass is 9.69. The van der Waals surface area contributed by atoms with E-state index in [0.717, 1.165) is 32.4 Å². The molecule has 0 spiro atoms. The third kappa shape index (κ3) is 5.03. The third-order valence-electron chi connectivity index (χ3n) is 7.40. The Morgan fingerprint density at radius 2 is 1.86 bits per heavy atom. The van der Waals surface area contributed by atoms with Crippen LogP contribution >= 0.6 is 0 Å². The van der Waals surface area contributed by atoms with Gasteiger partial charge >= 0.3 is 0 Å². The van der Waals surface area contributed by atoms with Crippen LogP contribution in [0.15, 0.2) is 11.6 Å². The molecule has 3 aliphatic heterocycles. The predicted octanol–water partition coefficient (Wildman–Crippen LogP) is 0.883. The van der Waals surface area contributed by atoms with Crippen LogP contribution in [-0.2, 0) is 9.47 Å². The van der Waals surface area contributed by atoms with E-state index in [1.165, 1.54) is 6.42 Å². The Hall–Kier alpha value is -0.540. The Morgan fingerprint density at radius 1 is 1.03 bits per heavy atom. The van der Waals surface area contributed by atoms with E-state index >= 15 is 0 Å². The van der Waals surface area contributed by atoms with Gasteiger partial charge in [0.15, 0.2) is 0 Å². The summed E-state index contributed by atoms with van der Waals surface area (Å²) in [6.07, 6.45) is 7.66. The predicted molar refractivity (Wildman–Crippen MR) is 115 cm³/mol. The minimum atomic E-state index is 0.107. The number of hydrogen-bond acceptors (Lipinski definition) is 7. The zero-order chi connectivity index (χ0) is 20.4. The van der Waals surface area contributed by atoms with Crippen LogP contribution < -0.4 is 26.6 Å². The third-order valence-corrected chi connectivity index (χ3v) is 7.40. The molecule has 0 radical (unpaired) electrons. The number of ether oxygens (including phenoxy) is 2. The Morgan fingerprint density at radius 3 is 2.69 bits per heavy atom. The van der Waals surface area contributed by atoms with Crippen LogP contribution in [0.3, 0.4) is 0 Å². The highest BCUT2D eigenvalue weighted by Crippen LogP contribution is 2.41. The minimum absolute atomic E-state index is 0.107. The van der Waals surface area contributed by atoms with Gasteiger partial charge in [-0.25, -0.2) is 0 Å². The molecule has 5 N–H and O–H groups in total. The SMILES string of the molecule is CNC1CC(C)NC(NC2CC3OCCOC3C(C3=CCN[C@@H](C)CC3)C2C)N1. The molecule has 4 aliphatic rings. The molecule has 3 heterocycles. The summed E-state index contributed by atoms with van der Waals surface area (Å²) >= 11 is 0. The van der Waals surface area contributed by atoms with Crippen molar-refractivity contribution in [2.45, 2.75) is 89.2 Å². The van der Waals surface area contributed by atoms with Crippen LogP contribution in [0.1, 0.15) is 46.5 Å². The van der Waals surface area contributed by atoms with Crippen LogP contribution in [-0.4, -0.2) is 69.6 Å². The average molecular weight is 408 g/mol. The van der Waals surface area contributed by atoms with Gasteiger partial charge in [-0.15, -0.1) is 0 Å². The molecule has 29 heavy (non-hydrogen) atoms. The fourth-order valence-corrected chi connectivity index (χ4v) is 5.72. The van der Waals surface area contributed by atoms with Crippen molar-refractivity contribution in [2.24, 2.45) is 11.8 Å². The fourth-order valence-electron chi connectivity index (χ4n) is 5.72. The second-order valence-electron chi connectivity index (χ2n) is 9.51. The zero-order valence-corrected chi connectivity index (χ0v) is 18.5. The maximum Gasteiger partial charge on any atom is 0.113 e. The summed E-state index contributed by atoms with van der Waals surface area (Å²) in [7, 11) is 2.03. The highest BCUT2D eigenvalue weighted by Gasteiger charge is 2.47. The van der Waals surface area contributed by atoms with Gasteiger partial charge in [-0.3, -0.25) is 16.0 Å². The van der Waals surface area contributed by atoms with Crippen molar-refractivity contribution >= 4 is 0 Å². The molecule has 0 bridgehead atoms. The number of rotatable bonds is 4. The van der Waals surface area contributed by atoms with E-state index in [2.05, 4.69) is 53.4 Å². The summed E-state index contributed by atoms with van der Waals surface area (Å²) < 4.78 is 12.5. The van der Waals surface area contributed by atoms with Gasteiger partial charge in [-0.1, -0.05) is 18.6 Å². The lowest BCUT2D eigenvalue weighted by Crippen LogP contribution is -2.69. The molecule has 1 aliphatic carbocycles. The van der Waals surface area contributed by atoms with Crippen molar-refractivity contribution in [3.8, 4) is 0 Å². The zero-order valence-electron chi connectivity index (χ0n) is 18.5. The molecule has 0 aromatic rings. The molecular weight excluding hydrogens is 366 g/mol. The first-order valence-corrected chi connectivity index (χ1v) is 11.7.